The average molecular weight is 296 g/mol. The maximum Gasteiger partial charge on any atom is 0.246 e. The van der Waals surface area contributed by atoms with Gasteiger partial charge in [-0.2, -0.15) is 11.3 Å². The molecule has 112 valence electrons. The molecule has 1 amide bonds. The highest BCUT2D eigenvalue weighted by atomic mass is 32.1. The summed E-state index contributed by atoms with van der Waals surface area (Å²) in [5.41, 5.74) is 1.42. The molecule has 5 heteroatoms. The van der Waals surface area contributed by atoms with Gasteiger partial charge in [0, 0.05) is 19.7 Å². The van der Waals surface area contributed by atoms with Crippen LogP contribution in [0.15, 0.2) is 16.8 Å². The van der Waals surface area contributed by atoms with E-state index in [1.807, 2.05) is 6.92 Å². The molecule has 2 heterocycles. The molecule has 0 atom stereocenters. The summed E-state index contributed by atoms with van der Waals surface area (Å²) in [6, 6.07) is 2.20. The third-order valence-electron chi connectivity index (χ3n) is 3.72. The molecule has 0 bridgehead atoms. The molecule has 0 radical (unpaired) electrons. The average Bonchev–Trinajstić information content (AvgIpc) is 2.97. The number of rotatable bonds is 7. The Morgan fingerprint density at radius 2 is 2.30 bits per heavy atom. The van der Waals surface area contributed by atoms with Crippen molar-refractivity contribution in [2.24, 2.45) is 5.92 Å². The Morgan fingerprint density at radius 1 is 1.50 bits per heavy atom. The lowest BCUT2D eigenvalue weighted by atomic mass is 9.96. The summed E-state index contributed by atoms with van der Waals surface area (Å²) in [6.07, 6.45) is 2.33. The number of nitrogens with zero attached hydrogens (tertiary/aromatic N) is 1. The molecule has 20 heavy (non-hydrogen) atoms. The highest BCUT2D eigenvalue weighted by molar-refractivity contribution is 7.07. The van der Waals surface area contributed by atoms with Gasteiger partial charge in [-0.15, -0.1) is 0 Å². The van der Waals surface area contributed by atoms with Crippen molar-refractivity contribution >= 4 is 17.2 Å². The van der Waals surface area contributed by atoms with Gasteiger partial charge in [-0.1, -0.05) is 0 Å². The molecule has 1 aromatic heterocycles. The molecule has 1 aliphatic rings. The van der Waals surface area contributed by atoms with Crippen LogP contribution in [0.3, 0.4) is 0 Å². The van der Waals surface area contributed by atoms with Crippen molar-refractivity contribution in [3.63, 3.8) is 0 Å². The molecule has 0 aromatic carbocycles. The number of nitrogens with one attached hydrogen (secondary N) is 1. The van der Waals surface area contributed by atoms with Crippen LogP contribution in [0.1, 0.15) is 25.3 Å². The largest absolute Gasteiger partial charge is 0.372 e. The van der Waals surface area contributed by atoms with E-state index in [0.717, 1.165) is 26.2 Å². The van der Waals surface area contributed by atoms with Crippen LogP contribution in [0.4, 0.5) is 0 Å². The summed E-state index contributed by atoms with van der Waals surface area (Å²) in [4.78, 5) is 14.0. The van der Waals surface area contributed by atoms with Crippen molar-refractivity contribution in [1.29, 1.82) is 0 Å². The number of hydrogen-bond donors (Lipinski definition) is 1. The third-order valence-corrected chi connectivity index (χ3v) is 4.45. The minimum Gasteiger partial charge on any atom is -0.372 e. The lowest BCUT2D eigenvalue weighted by Crippen LogP contribution is -2.39. The van der Waals surface area contributed by atoms with E-state index in [9.17, 15) is 4.79 Å². The topological polar surface area (TPSA) is 41.6 Å². The van der Waals surface area contributed by atoms with Crippen LogP contribution in [0.25, 0.3) is 0 Å². The first-order valence-corrected chi connectivity index (χ1v) is 8.30. The zero-order valence-corrected chi connectivity index (χ0v) is 13.0. The van der Waals surface area contributed by atoms with Crippen LogP contribution in [0, 0.1) is 5.92 Å². The quantitative estimate of drug-likeness (QED) is 0.838. The number of ether oxygens (including phenoxy) is 1. The third kappa shape index (κ3) is 5.23. The second-order valence-corrected chi connectivity index (χ2v) is 6.07. The summed E-state index contributed by atoms with van der Waals surface area (Å²) in [5.74, 6) is 0.617. The molecule has 1 aliphatic heterocycles. The molecule has 1 fully saturated rings. The first-order chi connectivity index (χ1) is 9.78. The summed E-state index contributed by atoms with van der Waals surface area (Å²) in [6.45, 7) is 6.78. The predicted molar refractivity (Wildman–Crippen MR) is 81.8 cm³/mol. The lowest BCUT2D eigenvalue weighted by molar-refractivity contribution is -0.125. The van der Waals surface area contributed by atoms with Crippen molar-refractivity contribution in [3.05, 3.63) is 22.4 Å². The number of amides is 1. The number of likely N-dealkylation sites (tertiary alicyclic amines) is 1. The fraction of sp³-hybridized carbons (Fsp3) is 0.667. The zero-order chi connectivity index (χ0) is 14.2. The molecule has 1 N–H and O–H groups in total. The Bertz CT molecular complexity index is 387. The molecule has 0 spiro atoms. The zero-order valence-electron chi connectivity index (χ0n) is 12.1. The van der Waals surface area contributed by atoms with Gasteiger partial charge in [0.25, 0.3) is 0 Å². The number of piperidine rings is 1. The second kappa shape index (κ2) is 8.39. The molecule has 0 saturated carbocycles. The first kappa shape index (κ1) is 15.5. The van der Waals surface area contributed by atoms with Gasteiger partial charge >= 0.3 is 0 Å². The van der Waals surface area contributed by atoms with Gasteiger partial charge in [0.2, 0.25) is 5.91 Å². The summed E-state index contributed by atoms with van der Waals surface area (Å²) in [5, 5.41) is 7.32. The fourth-order valence-electron chi connectivity index (χ4n) is 2.49. The Kier molecular flexibility index (Phi) is 6.50. The van der Waals surface area contributed by atoms with E-state index in [2.05, 4.69) is 27.0 Å². The molecule has 0 unspecified atom stereocenters. The van der Waals surface area contributed by atoms with Crippen molar-refractivity contribution in [2.75, 3.05) is 32.8 Å². The highest BCUT2D eigenvalue weighted by Gasteiger charge is 2.19. The van der Waals surface area contributed by atoms with E-state index < -0.39 is 0 Å². The summed E-state index contributed by atoms with van der Waals surface area (Å²) < 4.78 is 5.09. The molecule has 2 rings (SSSR count). The van der Waals surface area contributed by atoms with Gasteiger partial charge in [-0.25, -0.2) is 0 Å². The summed E-state index contributed by atoms with van der Waals surface area (Å²) >= 11 is 1.76. The van der Waals surface area contributed by atoms with E-state index in [-0.39, 0.29) is 12.5 Å². The van der Waals surface area contributed by atoms with E-state index >= 15 is 0 Å². The number of carbonyl (C=O) groups excluding carboxylic acids is 1. The number of thiophene rings is 1. The van der Waals surface area contributed by atoms with Gasteiger partial charge in [0.1, 0.15) is 6.61 Å². The van der Waals surface area contributed by atoms with Gasteiger partial charge in [0.05, 0.1) is 0 Å². The van der Waals surface area contributed by atoms with Gasteiger partial charge in [-0.05, 0) is 61.2 Å². The minimum atomic E-state index is 0.00699. The van der Waals surface area contributed by atoms with Crippen molar-refractivity contribution in [3.8, 4) is 0 Å². The smallest absolute Gasteiger partial charge is 0.246 e. The SMILES string of the molecule is CCOCC(=O)NCC1CCN(Cc2ccsc2)CC1. The monoisotopic (exact) mass is 296 g/mol. The molecule has 1 saturated heterocycles. The standard InChI is InChI=1S/C15H24N2O2S/c1-2-19-11-15(18)16-9-13-3-6-17(7-4-13)10-14-5-8-20-12-14/h5,8,12-13H,2-4,6-7,9-11H2,1H3,(H,16,18). The van der Waals surface area contributed by atoms with Crippen LogP contribution in [-0.4, -0.2) is 43.7 Å². The number of hydrogen-bond acceptors (Lipinski definition) is 4. The maximum absolute atomic E-state index is 11.5. The van der Waals surface area contributed by atoms with Crippen molar-refractivity contribution in [2.45, 2.75) is 26.3 Å². The van der Waals surface area contributed by atoms with Gasteiger partial charge in [-0.3, -0.25) is 9.69 Å². The van der Waals surface area contributed by atoms with Crippen molar-refractivity contribution < 1.29 is 9.53 Å². The van der Waals surface area contributed by atoms with Crippen LogP contribution in [-0.2, 0) is 16.1 Å². The normalized spacial score (nSPS) is 17.2. The second-order valence-electron chi connectivity index (χ2n) is 5.29. The molecular formula is C15H24N2O2S. The predicted octanol–water partition coefficient (Wildman–Crippen LogP) is 2.11. The molecule has 4 nitrogen and oxygen atoms in total. The van der Waals surface area contributed by atoms with E-state index in [4.69, 9.17) is 4.74 Å². The van der Waals surface area contributed by atoms with Crippen LogP contribution < -0.4 is 5.32 Å². The van der Waals surface area contributed by atoms with E-state index in [1.54, 1.807) is 11.3 Å². The highest BCUT2D eigenvalue weighted by Crippen LogP contribution is 2.19. The van der Waals surface area contributed by atoms with E-state index in [0.29, 0.717) is 12.5 Å². The maximum atomic E-state index is 11.5. The van der Waals surface area contributed by atoms with Crippen molar-refractivity contribution in [1.82, 2.24) is 10.2 Å². The van der Waals surface area contributed by atoms with Crippen LogP contribution in [0.5, 0.6) is 0 Å². The minimum absolute atomic E-state index is 0.00699. The van der Waals surface area contributed by atoms with Crippen LogP contribution in [0.2, 0.25) is 0 Å². The van der Waals surface area contributed by atoms with Gasteiger partial charge in [0.15, 0.2) is 0 Å². The molecule has 0 aliphatic carbocycles. The Balaban J connectivity index is 1.60. The van der Waals surface area contributed by atoms with Crippen LogP contribution >= 0.6 is 11.3 Å². The lowest BCUT2D eigenvalue weighted by Gasteiger charge is -2.31. The fourth-order valence-corrected chi connectivity index (χ4v) is 3.15. The van der Waals surface area contributed by atoms with Gasteiger partial charge < -0.3 is 10.1 Å². The Hall–Kier alpha value is -0.910. The number of carbonyl (C=O) groups is 1. The van der Waals surface area contributed by atoms with E-state index in [1.165, 1.54) is 18.4 Å². The first-order valence-electron chi connectivity index (χ1n) is 7.35. The molecular weight excluding hydrogens is 272 g/mol. The Morgan fingerprint density at radius 3 is 2.95 bits per heavy atom. The summed E-state index contributed by atoms with van der Waals surface area (Å²) in [7, 11) is 0. The molecule has 1 aromatic rings. The Labute approximate surface area is 125 Å².